The Labute approximate surface area is 132 Å². The first-order valence-corrected chi connectivity index (χ1v) is 8.39. The van der Waals surface area contributed by atoms with Gasteiger partial charge in [0.25, 0.3) is 5.91 Å². The van der Waals surface area contributed by atoms with E-state index in [1.165, 1.54) is 22.4 Å². The first kappa shape index (κ1) is 15.5. The Hall–Kier alpha value is -1.39. The minimum atomic E-state index is 0.0379. The highest BCUT2D eigenvalue weighted by atomic mass is 16.5. The summed E-state index contributed by atoms with van der Waals surface area (Å²) in [6.45, 7) is 8.80. The van der Waals surface area contributed by atoms with Crippen LogP contribution in [0.5, 0.6) is 0 Å². The fourth-order valence-corrected chi connectivity index (χ4v) is 3.54. The molecule has 0 spiro atoms. The fraction of sp³-hybridized carbons (Fsp3) is 0.611. The summed E-state index contributed by atoms with van der Waals surface area (Å²) in [7, 11) is 0. The van der Waals surface area contributed by atoms with E-state index in [1.807, 2.05) is 6.07 Å². The molecule has 1 aliphatic carbocycles. The second kappa shape index (κ2) is 6.39. The zero-order valence-corrected chi connectivity index (χ0v) is 13.7. The molecule has 0 aromatic heterocycles. The van der Waals surface area contributed by atoms with Gasteiger partial charge >= 0.3 is 0 Å². The van der Waals surface area contributed by atoms with Crippen LogP contribution >= 0.6 is 0 Å². The highest BCUT2D eigenvalue weighted by Gasteiger charge is 2.32. The Balaban J connectivity index is 1.59. The fourth-order valence-electron chi connectivity index (χ4n) is 3.54. The third-order valence-corrected chi connectivity index (χ3v) is 5.11. The zero-order valence-electron chi connectivity index (χ0n) is 13.7. The standard InChI is InChI=1S/C18H26N2O2/c1-18(2,20-8-10-22-11-9-20)13-19-17(21)16-7-6-14-4-3-5-15(14)12-16/h6-7,12H,3-5,8-11,13H2,1-2H3,(H,19,21)/p+1. The van der Waals surface area contributed by atoms with Gasteiger partial charge < -0.3 is 15.0 Å². The normalized spacial score (nSPS) is 19.0. The number of carbonyl (C=O) groups excluding carboxylic acids is 1. The molecule has 0 bridgehead atoms. The molecule has 4 nitrogen and oxygen atoms in total. The molecule has 0 radical (unpaired) electrons. The molecule has 1 fully saturated rings. The molecule has 0 atom stereocenters. The van der Waals surface area contributed by atoms with Crippen LogP contribution in [0.25, 0.3) is 0 Å². The molecule has 4 heteroatoms. The predicted molar refractivity (Wildman–Crippen MR) is 86.4 cm³/mol. The molecule has 0 unspecified atom stereocenters. The molecular formula is C18H27N2O2+. The minimum absolute atomic E-state index is 0.0379. The van der Waals surface area contributed by atoms with E-state index in [0.29, 0.717) is 6.54 Å². The molecular weight excluding hydrogens is 276 g/mol. The summed E-state index contributed by atoms with van der Waals surface area (Å²) in [5.41, 5.74) is 3.60. The zero-order chi connectivity index (χ0) is 15.6. The Morgan fingerprint density at radius 1 is 1.23 bits per heavy atom. The van der Waals surface area contributed by atoms with Crippen molar-refractivity contribution in [1.82, 2.24) is 5.32 Å². The van der Waals surface area contributed by atoms with Crippen molar-refractivity contribution < 1.29 is 14.4 Å². The Bertz CT molecular complexity index is 548. The lowest BCUT2D eigenvalue weighted by molar-refractivity contribution is -0.954. The number of benzene rings is 1. The van der Waals surface area contributed by atoms with Gasteiger partial charge in [-0.2, -0.15) is 0 Å². The van der Waals surface area contributed by atoms with E-state index in [4.69, 9.17) is 4.74 Å². The van der Waals surface area contributed by atoms with E-state index in [0.717, 1.165) is 44.7 Å². The van der Waals surface area contributed by atoms with Gasteiger partial charge in [0, 0.05) is 5.56 Å². The number of carbonyl (C=O) groups is 1. The Morgan fingerprint density at radius 3 is 2.73 bits per heavy atom. The van der Waals surface area contributed by atoms with Crippen LogP contribution in [0.1, 0.15) is 41.8 Å². The minimum Gasteiger partial charge on any atom is -0.370 e. The van der Waals surface area contributed by atoms with E-state index in [9.17, 15) is 4.79 Å². The lowest BCUT2D eigenvalue weighted by Crippen LogP contribution is -3.22. The maximum atomic E-state index is 12.4. The van der Waals surface area contributed by atoms with Gasteiger partial charge in [-0.15, -0.1) is 0 Å². The van der Waals surface area contributed by atoms with E-state index >= 15 is 0 Å². The largest absolute Gasteiger partial charge is 0.370 e. The van der Waals surface area contributed by atoms with Gasteiger partial charge in [0.2, 0.25) is 0 Å². The van der Waals surface area contributed by atoms with E-state index in [2.05, 4.69) is 31.3 Å². The van der Waals surface area contributed by atoms with Crippen LogP contribution in [0.3, 0.4) is 0 Å². The van der Waals surface area contributed by atoms with E-state index in [1.54, 1.807) is 0 Å². The molecule has 1 saturated heterocycles. The second-order valence-corrected chi connectivity index (χ2v) is 7.12. The topological polar surface area (TPSA) is 42.8 Å². The van der Waals surface area contributed by atoms with Gasteiger partial charge in [0.1, 0.15) is 18.6 Å². The molecule has 3 rings (SSSR count). The third-order valence-electron chi connectivity index (χ3n) is 5.11. The number of nitrogens with one attached hydrogen (secondary N) is 2. The number of quaternary nitrogens is 1. The quantitative estimate of drug-likeness (QED) is 0.855. The van der Waals surface area contributed by atoms with E-state index in [-0.39, 0.29) is 11.4 Å². The van der Waals surface area contributed by atoms with Crippen LogP contribution in [0, 0.1) is 0 Å². The molecule has 2 N–H and O–H groups in total. The first-order chi connectivity index (χ1) is 10.6. The number of ether oxygens (including phenoxy) is 1. The maximum absolute atomic E-state index is 12.4. The number of hydrogen-bond acceptors (Lipinski definition) is 2. The number of amides is 1. The van der Waals surface area contributed by atoms with Crippen molar-refractivity contribution in [1.29, 1.82) is 0 Å². The lowest BCUT2D eigenvalue weighted by Gasteiger charge is -2.37. The van der Waals surface area contributed by atoms with Crippen molar-refractivity contribution in [3.05, 3.63) is 34.9 Å². The number of fused-ring (bicyclic) bond motifs is 1. The molecule has 1 amide bonds. The molecule has 1 heterocycles. The molecule has 0 saturated carbocycles. The van der Waals surface area contributed by atoms with Gasteiger partial charge in [-0.25, -0.2) is 0 Å². The second-order valence-electron chi connectivity index (χ2n) is 7.12. The van der Waals surface area contributed by atoms with E-state index < -0.39 is 0 Å². The molecule has 120 valence electrons. The van der Waals surface area contributed by atoms with Crippen molar-refractivity contribution in [3.8, 4) is 0 Å². The van der Waals surface area contributed by atoms with Crippen LogP contribution in [0.15, 0.2) is 18.2 Å². The monoisotopic (exact) mass is 303 g/mol. The average Bonchev–Trinajstić information content (AvgIpc) is 3.01. The average molecular weight is 303 g/mol. The smallest absolute Gasteiger partial charge is 0.251 e. The van der Waals surface area contributed by atoms with Crippen molar-refractivity contribution in [2.75, 3.05) is 32.8 Å². The van der Waals surface area contributed by atoms with Crippen molar-refractivity contribution in [3.63, 3.8) is 0 Å². The van der Waals surface area contributed by atoms with Gasteiger partial charge in [0.05, 0.1) is 19.8 Å². The van der Waals surface area contributed by atoms with Crippen molar-refractivity contribution in [2.24, 2.45) is 0 Å². The summed E-state index contributed by atoms with van der Waals surface area (Å²) in [6.07, 6.45) is 3.48. The Kier molecular flexibility index (Phi) is 4.50. The highest BCUT2D eigenvalue weighted by Crippen LogP contribution is 2.22. The molecule has 1 aromatic rings. The molecule has 22 heavy (non-hydrogen) atoms. The van der Waals surface area contributed by atoms with Crippen LogP contribution in [-0.2, 0) is 17.6 Å². The summed E-state index contributed by atoms with van der Waals surface area (Å²) in [6, 6.07) is 6.16. The van der Waals surface area contributed by atoms with Gasteiger partial charge in [-0.3, -0.25) is 4.79 Å². The molecule has 2 aliphatic rings. The van der Waals surface area contributed by atoms with Crippen LogP contribution in [-0.4, -0.2) is 44.3 Å². The van der Waals surface area contributed by atoms with Gasteiger partial charge in [-0.05, 0) is 56.4 Å². The summed E-state index contributed by atoms with van der Waals surface area (Å²) in [4.78, 5) is 13.9. The number of aryl methyl sites for hydroxylation is 2. The maximum Gasteiger partial charge on any atom is 0.251 e. The van der Waals surface area contributed by atoms with Crippen LogP contribution in [0.4, 0.5) is 0 Å². The number of rotatable bonds is 4. The van der Waals surface area contributed by atoms with Crippen molar-refractivity contribution in [2.45, 2.75) is 38.6 Å². The molecule has 1 aliphatic heterocycles. The van der Waals surface area contributed by atoms with Gasteiger partial charge in [-0.1, -0.05) is 6.07 Å². The lowest BCUT2D eigenvalue weighted by atomic mass is 10.0. The predicted octanol–water partition coefficient (Wildman–Crippen LogP) is 0.599. The van der Waals surface area contributed by atoms with Crippen molar-refractivity contribution >= 4 is 5.91 Å². The molecule has 1 aromatic carbocycles. The summed E-state index contributed by atoms with van der Waals surface area (Å²) >= 11 is 0. The van der Waals surface area contributed by atoms with Crippen LogP contribution in [0.2, 0.25) is 0 Å². The summed E-state index contributed by atoms with van der Waals surface area (Å²) in [5.74, 6) is 0.0513. The highest BCUT2D eigenvalue weighted by molar-refractivity contribution is 5.94. The Morgan fingerprint density at radius 2 is 1.95 bits per heavy atom. The summed E-state index contributed by atoms with van der Waals surface area (Å²) in [5, 5.41) is 3.13. The number of hydrogen-bond donors (Lipinski definition) is 2. The summed E-state index contributed by atoms with van der Waals surface area (Å²) < 4.78 is 5.42. The third kappa shape index (κ3) is 3.33. The SMILES string of the molecule is CC(C)(CNC(=O)c1ccc2c(c1)CCC2)[NH+]1CCOCC1. The van der Waals surface area contributed by atoms with Gasteiger partial charge in [0.15, 0.2) is 0 Å². The van der Waals surface area contributed by atoms with Crippen LogP contribution < -0.4 is 10.2 Å². The first-order valence-electron chi connectivity index (χ1n) is 8.39. The number of morpholine rings is 1.